The van der Waals surface area contributed by atoms with Crippen LogP contribution in [-0.4, -0.2) is 18.5 Å². The molecule has 2 rings (SSSR count). The van der Waals surface area contributed by atoms with E-state index < -0.39 is 6.10 Å². The van der Waals surface area contributed by atoms with E-state index in [9.17, 15) is 4.79 Å². The summed E-state index contributed by atoms with van der Waals surface area (Å²) in [4.78, 5) is 15.7. The highest BCUT2D eigenvalue weighted by Crippen LogP contribution is 2.24. The zero-order valence-electron chi connectivity index (χ0n) is 9.43. The third-order valence-corrected chi connectivity index (χ3v) is 2.48. The van der Waals surface area contributed by atoms with Gasteiger partial charge in [-0.25, -0.2) is 4.99 Å². The molecule has 1 aromatic rings. The molecule has 4 heteroatoms. The first-order valence-electron chi connectivity index (χ1n) is 5.23. The Morgan fingerprint density at radius 3 is 3.00 bits per heavy atom. The van der Waals surface area contributed by atoms with Gasteiger partial charge in [0.25, 0.3) is 11.9 Å². The summed E-state index contributed by atoms with van der Waals surface area (Å²) in [6.07, 6.45) is 4.45. The predicted octanol–water partition coefficient (Wildman–Crippen LogP) is 1.17. The van der Waals surface area contributed by atoms with Gasteiger partial charge in [-0.2, -0.15) is 0 Å². The van der Waals surface area contributed by atoms with Crippen molar-refractivity contribution in [3.8, 4) is 12.3 Å². The molecule has 1 amide bonds. The number of aryl methyl sites for hydroxylation is 1. The Morgan fingerprint density at radius 1 is 1.53 bits per heavy atom. The molecule has 1 saturated heterocycles. The average molecular weight is 228 g/mol. The molecular formula is C13H12N2O2. The van der Waals surface area contributed by atoms with Crippen molar-refractivity contribution >= 4 is 11.9 Å². The Labute approximate surface area is 99.7 Å². The lowest BCUT2D eigenvalue weighted by Gasteiger charge is -2.09. The number of terminal acetylenes is 1. The molecule has 1 atom stereocenters. The molecule has 0 bridgehead atoms. The van der Waals surface area contributed by atoms with Crippen molar-refractivity contribution in [2.75, 3.05) is 6.54 Å². The number of carbonyl (C=O) groups excluding carboxylic acids is 1. The van der Waals surface area contributed by atoms with Crippen LogP contribution < -0.4 is 5.32 Å². The van der Waals surface area contributed by atoms with E-state index in [4.69, 9.17) is 11.2 Å². The number of hydrogen-bond donors (Lipinski definition) is 1. The van der Waals surface area contributed by atoms with E-state index in [1.54, 1.807) is 0 Å². The summed E-state index contributed by atoms with van der Waals surface area (Å²) in [5, 5.41) is 2.56. The number of hydrogen-bond acceptors (Lipinski definition) is 3. The maximum Gasteiger partial charge on any atom is 0.293 e. The minimum absolute atomic E-state index is 0.191. The first-order chi connectivity index (χ1) is 8.22. The van der Waals surface area contributed by atoms with Crippen LogP contribution in [0.4, 0.5) is 0 Å². The van der Waals surface area contributed by atoms with Crippen molar-refractivity contribution < 1.29 is 9.53 Å². The van der Waals surface area contributed by atoms with Gasteiger partial charge in [-0.1, -0.05) is 30.2 Å². The number of aliphatic imine (C=N–C) groups is 1. The van der Waals surface area contributed by atoms with Gasteiger partial charge in [0, 0.05) is 5.56 Å². The lowest BCUT2D eigenvalue weighted by Crippen LogP contribution is -2.22. The van der Waals surface area contributed by atoms with Crippen LogP contribution in [0.15, 0.2) is 29.3 Å². The molecule has 1 N–H and O–H groups in total. The van der Waals surface area contributed by atoms with Gasteiger partial charge < -0.3 is 4.74 Å². The van der Waals surface area contributed by atoms with E-state index in [1.165, 1.54) is 0 Å². The van der Waals surface area contributed by atoms with Crippen molar-refractivity contribution in [1.29, 1.82) is 0 Å². The number of benzene rings is 1. The molecule has 1 aromatic carbocycles. The van der Waals surface area contributed by atoms with Gasteiger partial charge in [-0.3, -0.25) is 10.1 Å². The molecule has 1 unspecified atom stereocenters. The topological polar surface area (TPSA) is 50.7 Å². The van der Waals surface area contributed by atoms with Crippen LogP contribution in [0.25, 0.3) is 0 Å². The average Bonchev–Trinajstić information content (AvgIpc) is 2.68. The lowest BCUT2D eigenvalue weighted by molar-refractivity contribution is -0.123. The highest BCUT2D eigenvalue weighted by molar-refractivity contribution is 6.02. The number of rotatable bonds is 2. The van der Waals surface area contributed by atoms with Crippen LogP contribution in [0.3, 0.4) is 0 Å². The number of amidine groups is 1. The Kier molecular flexibility index (Phi) is 3.10. The fourth-order valence-electron chi connectivity index (χ4n) is 1.65. The van der Waals surface area contributed by atoms with E-state index in [2.05, 4.69) is 16.2 Å². The highest BCUT2D eigenvalue weighted by Gasteiger charge is 2.32. The minimum atomic E-state index is -0.632. The smallest absolute Gasteiger partial charge is 0.293 e. The van der Waals surface area contributed by atoms with Crippen molar-refractivity contribution in [3.63, 3.8) is 0 Å². The second kappa shape index (κ2) is 4.71. The van der Waals surface area contributed by atoms with Crippen LogP contribution in [0.5, 0.6) is 0 Å². The second-order valence-electron chi connectivity index (χ2n) is 3.67. The van der Waals surface area contributed by atoms with E-state index in [1.807, 2.05) is 31.2 Å². The van der Waals surface area contributed by atoms with Gasteiger partial charge in [0.05, 0.1) is 0 Å². The summed E-state index contributed by atoms with van der Waals surface area (Å²) in [6.45, 7) is 2.12. The lowest BCUT2D eigenvalue weighted by atomic mass is 10.0. The molecular weight excluding hydrogens is 216 g/mol. The Bertz CT molecular complexity index is 514. The molecule has 1 heterocycles. The molecule has 4 nitrogen and oxygen atoms in total. The van der Waals surface area contributed by atoms with E-state index in [0.29, 0.717) is 0 Å². The predicted molar refractivity (Wildman–Crippen MR) is 64.3 cm³/mol. The van der Waals surface area contributed by atoms with Crippen LogP contribution >= 0.6 is 0 Å². The SMILES string of the molecule is C#CCN=C1NC(=O)C(c2ccccc2C)O1. The Morgan fingerprint density at radius 2 is 2.29 bits per heavy atom. The van der Waals surface area contributed by atoms with Crippen molar-refractivity contribution in [1.82, 2.24) is 5.32 Å². The van der Waals surface area contributed by atoms with Gasteiger partial charge >= 0.3 is 0 Å². The molecule has 0 spiro atoms. The third kappa shape index (κ3) is 2.28. The quantitative estimate of drug-likeness (QED) is 0.772. The Balaban J connectivity index is 2.22. The van der Waals surface area contributed by atoms with E-state index >= 15 is 0 Å². The standard InChI is InChI=1S/C13H12N2O2/c1-3-8-14-13-15-12(16)11(17-13)10-7-5-4-6-9(10)2/h1,4-7,11H,8H2,2H3,(H,14,15,16). The van der Waals surface area contributed by atoms with Crippen molar-refractivity contribution in [3.05, 3.63) is 35.4 Å². The van der Waals surface area contributed by atoms with E-state index in [-0.39, 0.29) is 18.5 Å². The van der Waals surface area contributed by atoms with Crippen molar-refractivity contribution in [2.45, 2.75) is 13.0 Å². The molecule has 0 aliphatic carbocycles. The molecule has 17 heavy (non-hydrogen) atoms. The number of carbonyl (C=O) groups is 1. The molecule has 0 radical (unpaired) electrons. The zero-order valence-corrected chi connectivity index (χ0v) is 9.43. The largest absolute Gasteiger partial charge is 0.447 e. The molecule has 86 valence electrons. The monoisotopic (exact) mass is 228 g/mol. The van der Waals surface area contributed by atoms with Gasteiger partial charge in [0.15, 0.2) is 0 Å². The van der Waals surface area contributed by atoms with Crippen molar-refractivity contribution in [2.24, 2.45) is 4.99 Å². The van der Waals surface area contributed by atoms with Gasteiger partial charge in [0.2, 0.25) is 6.10 Å². The van der Waals surface area contributed by atoms with Gasteiger partial charge in [0.1, 0.15) is 6.54 Å². The summed E-state index contributed by atoms with van der Waals surface area (Å²) < 4.78 is 5.44. The van der Waals surface area contributed by atoms with Crippen LogP contribution in [0.2, 0.25) is 0 Å². The third-order valence-electron chi connectivity index (χ3n) is 2.48. The first-order valence-corrected chi connectivity index (χ1v) is 5.23. The fourth-order valence-corrected chi connectivity index (χ4v) is 1.65. The second-order valence-corrected chi connectivity index (χ2v) is 3.67. The van der Waals surface area contributed by atoms with E-state index in [0.717, 1.165) is 11.1 Å². The molecule has 0 aromatic heterocycles. The number of amides is 1. The maximum absolute atomic E-state index is 11.7. The number of nitrogens with zero attached hydrogens (tertiary/aromatic N) is 1. The summed E-state index contributed by atoms with van der Waals surface area (Å²) in [7, 11) is 0. The molecule has 1 aliphatic rings. The van der Waals surface area contributed by atoms with Crippen LogP contribution in [-0.2, 0) is 9.53 Å². The Hall–Kier alpha value is -2.28. The highest BCUT2D eigenvalue weighted by atomic mass is 16.5. The molecule has 0 saturated carbocycles. The van der Waals surface area contributed by atoms with Gasteiger partial charge in [-0.15, -0.1) is 6.42 Å². The normalized spacial score (nSPS) is 20.8. The summed E-state index contributed by atoms with van der Waals surface area (Å²) >= 11 is 0. The molecule has 1 fully saturated rings. The van der Waals surface area contributed by atoms with Crippen LogP contribution in [0.1, 0.15) is 17.2 Å². The zero-order chi connectivity index (χ0) is 12.3. The van der Waals surface area contributed by atoms with Crippen LogP contribution in [0, 0.1) is 19.3 Å². The summed E-state index contributed by atoms with van der Waals surface area (Å²) in [6, 6.07) is 7.78. The minimum Gasteiger partial charge on any atom is -0.447 e. The fraction of sp³-hybridized carbons (Fsp3) is 0.231. The summed E-state index contributed by atoms with van der Waals surface area (Å²) in [5.74, 6) is 2.14. The first kappa shape index (κ1) is 11.2. The number of ether oxygens (including phenoxy) is 1. The number of nitrogens with one attached hydrogen (secondary N) is 1. The summed E-state index contributed by atoms with van der Waals surface area (Å²) in [5.41, 5.74) is 1.85. The molecule has 1 aliphatic heterocycles. The van der Waals surface area contributed by atoms with Gasteiger partial charge in [-0.05, 0) is 12.5 Å². The maximum atomic E-state index is 11.7.